The third-order valence-corrected chi connectivity index (χ3v) is 3.25. The Balaban J connectivity index is 2.84. The molecule has 1 rings (SSSR count). The van der Waals surface area contributed by atoms with Crippen molar-refractivity contribution >= 4 is 12.0 Å². The van der Waals surface area contributed by atoms with Crippen molar-refractivity contribution in [2.24, 2.45) is 5.92 Å². The third-order valence-electron chi connectivity index (χ3n) is 3.25. The lowest BCUT2D eigenvalue weighted by Gasteiger charge is -2.26. The minimum absolute atomic E-state index is 0.0396. The molecule has 0 spiro atoms. The molecule has 122 valence electrons. The van der Waals surface area contributed by atoms with Crippen LogP contribution in [0.4, 0.5) is 13.6 Å². The van der Waals surface area contributed by atoms with Crippen molar-refractivity contribution in [3.8, 4) is 0 Å². The van der Waals surface area contributed by atoms with Crippen molar-refractivity contribution in [3.63, 3.8) is 0 Å². The van der Waals surface area contributed by atoms with Crippen LogP contribution in [0.25, 0.3) is 0 Å². The van der Waals surface area contributed by atoms with E-state index in [1.54, 1.807) is 13.8 Å². The number of nitrogens with one attached hydrogen (secondary N) is 1. The number of carboxylic acid groups (broad SMARTS) is 1. The normalized spacial score (nSPS) is 12.1. The molecule has 7 heteroatoms. The van der Waals surface area contributed by atoms with Gasteiger partial charge in [-0.2, -0.15) is 0 Å². The van der Waals surface area contributed by atoms with Crippen LogP contribution in [0.1, 0.15) is 31.9 Å². The number of aliphatic carboxylic acids is 1. The zero-order chi connectivity index (χ0) is 16.9. The van der Waals surface area contributed by atoms with E-state index in [0.29, 0.717) is 0 Å². The highest BCUT2D eigenvalue weighted by molar-refractivity contribution is 5.75. The fraction of sp³-hybridized carbons (Fsp3) is 0.467. The van der Waals surface area contributed by atoms with E-state index in [0.717, 1.165) is 12.1 Å². The molecule has 1 aromatic rings. The molecule has 0 aromatic heterocycles. The van der Waals surface area contributed by atoms with Crippen molar-refractivity contribution in [2.45, 2.75) is 26.3 Å². The summed E-state index contributed by atoms with van der Waals surface area (Å²) in [6.07, 6.45) is -0.179. The molecule has 0 heterocycles. The van der Waals surface area contributed by atoms with E-state index >= 15 is 0 Å². The Morgan fingerprint density at radius 2 is 1.95 bits per heavy atom. The largest absolute Gasteiger partial charge is 0.481 e. The van der Waals surface area contributed by atoms with Gasteiger partial charge >= 0.3 is 12.0 Å². The molecule has 1 atom stereocenters. The quantitative estimate of drug-likeness (QED) is 0.848. The van der Waals surface area contributed by atoms with Crippen LogP contribution in [-0.2, 0) is 4.79 Å². The molecule has 0 saturated heterocycles. The van der Waals surface area contributed by atoms with E-state index in [-0.39, 0.29) is 24.4 Å². The summed E-state index contributed by atoms with van der Waals surface area (Å²) >= 11 is 0. The van der Waals surface area contributed by atoms with Gasteiger partial charge in [0.2, 0.25) is 0 Å². The fourth-order valence-corrected chi connectivity index (χ4v) is 1.97. The average molecular weight is 314 g/mol. The lowest BCUT2D eigenvalue weighted by molar-refractivity contribution is -0.137. The van der Waals surface area contributed by atoms with E-state index in [9.17, 15) is 18.4 Å². The standard InChI is InChI=1S/C15H20F2N2O3/c1-9(2)14(11-5-4-10(16)8-12(11)17)18-15(22)19(3)7-6-13(20)21/h4-5,8-9,14H,6-7H2,1-3H3,(H,18,22)(H,20,21). The summed E-state index contributed by atoms with van der Waals surface area (Å²) in [5, 5.41) is 11.3. The number of hydrogen-bond acceptors (Lipinski definition) is 2. The van der Waals surface area contributed by atoms with Gasteiger partial charge in [0.1, 0.15) is 11.6 Å². The Hall–Kier alpha value is -2.18. The first-order valence-electron chi connectivity index (χ1n) is 6.90. The van der Waals surface area contributed by atoms with E-state index in [4.69, 9.17) is 5.11 Å². The Labute approximate surface area is 127 Å². The van der Waals surface area contributed by atoms with Crippen molar-refractivity contribution in [2.75, 3.05) is 13.6 Å². The predicted octanol–water partition coefficient (Wildman–Crippen LogP) is 2.78. The molecule has 0 aliphatic carbocycles. The van der Waals surface area contributed by atoms with E-state index < -0.39 is 29.7 Å². The summed E-state index contributed by atoms with van der Waals surface area (Å²) in [5.41, 5.74) is 0.191. The van der Waals surface area contributed by atoms with Crippen LogP contribution in [0.3, 0.4) is 0 Å². The SMILES string of the molecule is CC(C)C(NC(=O)N(C)CCC(=O)O)c1ccc(F)cc1F. The van der Waals surface area contributed by atoms with Crippen molar-refractivity contribution in [1.82, 2.24) is 10.2 Å². The van der Waals surface area contributed by atoms with Gasteiger partial charge in [-0.05, 0) is 12.0 Å². The zero-order valence-corrected chi connectivity index (χ0v) is 12.8. The predicted molar refractivity (Wildman–Crippen MR) is 77.4 cm³/mol. The third kappa shape index (κ3) is 4.98. The summed E-state index contributed by atoms with van der Waals surface area (Å²) < 4.78 is 26.9. The van der Waals surface area contributed by atoms with Crippen LogP contribution in [0.15, 0.2) is 18.2 Å². The first-order chi connectivity index (χ1) is 10.2. The van der Waals surface area contributed by atoms with Crippen LogP contribution < -0.4 is 5.32 Å². The fourth-order valence-electron chi connectivity index (χ4n) is 1.97. The summed E-state index contributed by atoms with van der Waals surface area (Å²) in [6, 6.07) is 2.05. The number of carbonyl (C=O) groups excluding carboxylic acids is 1. The number of halogens is 2. The minimum atomic E-state index is -1.01. The number of carboxylic acids is 1. The Morgan fingerprint density at radius 3 is 2.45 bits per heavy atom. The lowest BCUT2D eigenvalue weighted by atomic mass is 9.95. The van der Waals surface area contributed by atoms with Crippen LogP contribution in [0.5, 0.6) is 0 Å². The van der Waals surface area contributed by atoms with E-state index in [2.05, 4.69) is 5.32 Å². The number of hydrogen-bond donors (Lipinski definition) is 2. The second-order valence-corrected chi connectivity index (χ2v) is 5.40. The molecule has 1 aromatic carbocycles. The first kappa shape index (κ1) is 17.9. The summed E-state index contributed by atoms with van der Waals surface area (Å²) in [5.74, 6) is -2.55. The molecular weight excluding hydrogens is 294 g/mol. The second kappa shape index (κ2) is 7.72. The summed E-state index contributed by atoms with van der Waals surface area (Å²) in [6.45, 7) is 3.63. The molecule has 0 radical (unpaired) electrons. The average Bonchev–Trinajstić information content (AvgIpc) is 2.42. The van der Waals surface area contributed by atoms with Crippen molar-refractivity contribution in [3.05, 3.63) is 35.4 Å². The number of rotatable bonds is 6. The van der Waals surface area contributed by atoms with E-state index in [1.165, 1.54) is 18.0 Å². The van der Waals surface area contributed by atoms with Gasteiger partial charge in [-0.15, -0.1) is 0 Å². The topological polar surface area (TPSA) is 69.6 Å². The van der Waals surface area contributed by atoms with Crippen LogP contribution >= 0.6 is 0 Å². The molecule has 5 nitrogen and oxygen atoms in total. The first-order valence-corrected chi connectivity index (χ1v) is 6.90. The second-order valence-electron chi connectivity index (χ2n) is 5.40. The lowest BCUT2D eigenvalue weighted by Crippen LogP contribution is -2.42. The monoisotopic (exact) mass is 314 g/mol. The number of carbonyl (C=O) groups is 2. The van der Waals surface area contributed by atoms with Gasteiger partial charge in [-0.3, -0.25) is 4.79 Å². The van der Waals surface area contributed by atoms with Gasteiger partial charge in [0, 0.05) is 25.2 Å². The van der Waals surface area contributed by atoms with Crippen LogP contribution in [0, 0.1) is 17.6 Å². The molecule has 0 fully saturated rings. The van der Waals surface area contributed by atoms with Crippen LogP contribution in [0.2, 0.25) is 0 Å². The highest BCUT2D eigenvalue weighted by Crippen LogP contribution is 2.25. The van der Waals surface area contributed by atoms with Gasteiger partial charge < -0.3 is 15.3 Å². The van der Waals surface area contributed by atoms with Gasteiger partial charge in [0.05, 0.1) is 12.5 Å². The van der Waals surface area contributed by atoms with Gasteiger partial charge in [-0.1, -0.05) is 19.9 Å². The van der Waals surface area contributed by atoms with E-state index in [1.807, 2.05) is 0 Å². The molecule has 0 aliphatic rings. The Bertz CT molecular complexity index is 550. The van der Waals surface area contributed by atoms with Crippen LogP contribution in [-0.4, -0.2) is 35.6 Å². The highest BCUT2D eigenvalue weighted by Gasteiger charge is 2.23. The summed E-state index contributed by atoms with van der Waals surface area (Å²) in [7, 11) is 1.46. The molecule has 0 saturated carbocycles. The maximum absolute atomic E-state index is 13.9. The molecule has 1 unspecified atom stereocenters. The molecular formula is C15H20F2N2O3. The molecule has 2 N–H and O–H groups in total. The summed E-state index contributed by atoms with van der Waals surface area (Å²) in [4.78, 5) is 23.8. The number of nitrogens with zero attached hydrogens (tertiary/aromatic N) is 1. The Kier molecular flexibility index (Phi) is 6.27. The minimum Gasteiger partial charge on any atom is -0.481 e. The van der Waals surface area contributed by atoms with Gasteiger partial charge in [0.15, 0.2) is 0 Å². The number of urea groups is 1. The highest BCUT2D eigenvalue weighted by atomic mass is 19.1. The van der Waals surface area contributed by atoms with Crippen molar-refractivity contribution in [1.29, 1.82) is 0 Å². The molecule has 2 amide bonds. The zero-order valence-electron chi connectivity index (χ0n) is 12.8. The smallest absolute Gasteiger partial charge is 0.317 e. The number of amides is 2. The molecule has 0 aliphatic heterocycles. The maximum atomic E-state index is 13.9. The maximum Gasteiger partial charge on any atom is 0.317 e. The van der Waals surface area contributed by atoms with Crippen molar-refractivity contribution < 1.29 is 23.5 Å². The van der Waals surface area contributed by atoms with Gasteiger partial charge in [0.25, 0.3) is 0 Å². The number of benzene rings is 1. The molecule has 22 heavy (non-hydrogen) atoms. The molecule has 0 bridgehead atoms. The Morgan fingerprint density at radius 1 is 1.32 bits per heavy atom. The van der Waals surface area contributed by atoms with Gasteiger partial charge in [-0.25, -0.2) is 13.6 Å².